The molecule has 0 radical (unpaired) electrons. The van der Waals surface area contributed by atoms with E-state index in [2.05, 4.69) is 6.07 Å². The lowest BCUT2D eigenvalue weighted by Crippen LogP contribution is -2.40. The van der Waals surface area contributed by atoms with Crippen molar-refractivity contribution in [3.05, 3.63) is 29.3 Å². The molecular formula is C17H23NO4. The van der Waals surface area contributed by atoms with E-state index in [1.54, 1.807) is 12.0 Å². The Labute approximate surface area is 130 Å². The number of ether oxygens (including phenoxy) is 2. The zero-order chi connectivity index (χ0) is 15.5. The highest BCUT2D eigenvalue weighted by Gasteiger charge is 2.34. The predicted molar refractivity (Wildman–Crippen MR) is 82.0 cm³/mol. The maximum atomic E-state index is 12.3. The van der Waals surface area contributed by atoms with E-state index in [-0.39, 0.29) is 31.3 Å². The van der Waals surface area contributed by atoms with Crippen molar-refractivity contribution >= 4 is 5.91 Å². The third-order valence-corrected chi connectivity index (χ3v) is 4.67. The Morgan fingerprint density at radius 2 is 2.18 bits per heavy atom. The number of aliphatic hydroxyl groups is 1. The summed E-state index contributed by atoms with van der Waals surface area (Å²) in [5, 5.41) is 9.40. The van der Waals surface area contributed by atoms with Crippen molar-refractivity contribution in [2.45, 2.75) is 37.8 Å². The Kier molecular flexibility index (Phi) is 4.64. The minimum absolute atomic E-state index is 0.00101. The highest BCUT2D eigenvalue weighted by Crippen LogP contribution is 2.26. The van der Waals surface area contributed by atoms with Crippen molar-refractivity contribution in [3.8, 4) is 5.75 Å². The highest BCUT2D eigenvalue weighted by molar-refractivity contribution is 5.78. The molecule has 0 spiro atoms. The third-order valence-electron chi connectivity index (χ3n) is 4.67. The minimum atomic E-state index is -0.166. The molecule has 22 heavy (non-hydrogen) atoms. The van der Waals surface area contributed by atoms with Crippen LogP contribution in [0, 0.1) is 0 Å². The maximum Gasteiger partial charge on any atom is 0.260 e. The van der Waals surface area contributed by atoms with Gasteiger partial charge in [-0.1, -0.05) is 6.07 Å². The molecular weight excluding hydrogens is 282 g/mol. The molecule has 120 valence electrons. The standard InChI is InChI=1S/C17H23NO4/c1-21-16-8-14(10-19)18(9-16)17(20)11-22-15-6-5-12-3-2-4-13(12)7-15/h5-7,14,16,19H,2-4,8-11H2,1H3/t14-,16+/m0/s1. The van der Waals surface area contributed by atoms with E-state index in [4.69, 9.17) is 9.47 Å². The summed E-state index contributed by atoms with van der Waals surface area (Å²) in [5.41, 5.74) is 2.72. The molecule has 0 aromatic heterocycles. The Hall–Kier alpha value is -1.59. The molecule has 3 rings (SSSR count). The Bertz CT molecular complexity index is 545. The molecule has 1 aliphatic heterocycles. The van der Waals surface area contributed by atoms with Gasteiger partial charge in [-0.15, -0.1) is 0 Å². The van der Waals surface area contributed by atoms with Crippen LogP contribution in [0.5, 0.6) is 5.75 Å². The molecule has 1 saturated heterocycles. The van der Waals surface area contributed by atoms with E-state index in [1.165, 1.54) is 17.5 Å². The van der Waals surface area contributed by atoms with Crippen LogP contribution in [0.15, 0.2) is 18.2 Å². The van der Waals surface area contributed by atoms with Crippen molar-refractivity contribution in [2.24, 2.45) is 0 Å². The monoisotopic (exact) mass is 305 g/mol. The first kappa shape index (κ1) is 15.3. The molecule has 2 atom stereocenters. The number of amides is 1. The van der Waals surface area contributed by atoms with Gasteiger partial charge in [0.1, 0.15) is 5.75 Å². The second-order valence-electron chi connectivity index (χ2n) is 6.05. The lowest BCUT2D eigenvalue weighted by Gasteiger charge is -2.22. The van der Waals surface area contributed by atoms with Gasteiger partial charge in [-0.25, -0.2) is 0 Å². The van der Waals surface area contributed by atoms with Crippen LogP contribution < -0.4 is 4.74 Å². The number of aliphatic hydroxyl groups excluding tert-OH is 1. The number of carbonyl (C=O) groups excluding carboxylic acids is 1. The third kappa shape index (κ3) is 3.10. The Morgan fingerprint density at radius 1 is 1.36 bits per heavy atom. The molecule has 2 aliphatic rings. The van der Waals surface area contributed by atoms with Crippen LogP contribution in [0.25, 0.3) is 0 Å². The molecule has 0 bridgehead atoms. The zero-order valence-corrected chi connectivity index (χ0v) is 13.0. The summed E-state index contributed by atoms with van der Waals surface area (Å²) in [6.07, 6.45) is 4.11. The molecule has 1 aromatic rings. The van der Waals surface area contributed by atoms with Gasteiger partial charge in [-0.05, 0) is 48.9 Å². The van der Waals surface area contributed by atoms with Gasteiger partial charge in [-0.2, -0.15) is 0 Å². The summed E-state index contributed by atoms with van der Waals surface area (Å²) in [6, 6.07) is 5.90. The molecule has 1 heterocycles. The number of aryl methyl sites for hydroxylation is 2. The molecule has 5 heteroatoms. The Balaban J connectivity index is 1.58. The van der Waals surface area contributed by atoms with Crippen molar-refractivity contribution in [1.29, 1.82) is 0 Å². The van der Waals surface area contributed by atoms with Crippen molar-refractivity contribution in [1.82, 2.24) is 4.90 Å². The number of benzene rings is 1. The SMILES string of the molecule is CO[C@@H]1C[C@@H](CO)N(C(=O)COc2ccc3c(c2)CCC3)C1. The summed E-state index contributed by atoms with van der Waals surface area (Å²) < 4.78 is 10.9. The summed E-state index contributed by atoms with van der Waals surface area (Å²) >= 11 is 0. The van der Waals surface area contributed by atoms with Crippen LogP contribution in [-0.4, -0.2) is 54.9 Å². The normalized spacial score (nSPS) is 23.6. The van der Waals surface area contributed by atoms with Crippen LogP contribution >= 0.6 is 0 Å². The van der Waals surface area contributed by atoms with Gasteiger partial charge in [0.05, 0.1) is 18.8 Å². The van der Waals surface area contributed by atoms with Gasteiger partial charge in [0.2, 0.25) is 0 Å². The van der Waals surface area contributed by atoms with Gasteiger partial charge in [0.15, 0.2) is 6.61 Å². The number of rotatable bonds is 5. The summed E-state index contributed by atoms with van der Waals surface area (Å²) in [4.78, 5) is 14.0. The van der Waals surface area contributed by atoms with E-state index >= 15 is 0 Å². The molecule has 1 aliphatic carbocycles. The fraction of sp³-hybridized carbons (Fsp3) is 0.588. The average molecular weight is 305 g/mol. The fourth-order valence-corrected chi connectivity index (χ4v) is 3.39. The molecule has 1 fully saturated rings. The number of hydrogen-bond acceptors (Lipinski definition) is 4. The first-order valence-corrected chi connectivity index (χ1v) is 7.89. The van der Waals surface area contributed by atoms with Crippen LogP contribution in [0.1, 0.15) is 24.0 Å². The van der Waals surface area contributed by atoms with Gasteiger partial charge >= 0.3 is 0 Å². The van der Waals surface area contributed by atoms with Crippen LogP contribution in [0.3, 0.4) is 0 Å². The van der Waals surface area contributed by atoms with Crippen molar-refractivity contribution in [3.63, 3.8) is 0 Å². The average Bonchev–Trinajstić information content (AvgIpc) is 3.17. The molecule has 1 amide bonds. The summed E-state index contributed by atoms with van der Waals surface area (Å²) in [7, 11) is 1.63. The number of nitrogens with zero attached hydrogens (tertiary/aromatic N) is 1. The first-order valence-electron chi connectivity index (χ1n) is 7.89. The van der Waals surface area contributed by atoms with E-state index in [0.717, 1.165) is 18.6 Å². The van der Waals surface area contributed by atoms with Crippen molar-refractivity contribution < 1.29 is 19.4 Å². The predicted octanol–water partition coefficient (Wildman–Crippen LogP) is 1.16. The molecule has 0 saturated carbocycles. The van der Waals surface area contributed by atoms with E-state index in [9.17, 15) is 9.90 Å². The van der Waals surface area contributed by atoms with Gasteiger partial charge in [0.25, 0.3) is 5.91 Å². The second-order valence-corrected chi connectivity index (χ2v) is 6.05. The minimum Gasteiger partial charge on any atom is -0.484 e. The van der Waals surface area contributed by atoms with Gasteiger partial charge in [0, 0.05) is 13.7 Å². The number of fused-ring (bicyclic) bond motifs is 1. The van der Waals surface area contributed by atoms with E-state index < -0.39 is 0 Å². The number of methoxy groups -OCH3 is 1. The molecule has 0 unspecified atom stereocenters. The largest absolute Gasteiger partial charge is 0.484 e. The highest BCUT2D eigenvalue weighted by atomic mass is 16.5. The summed E-state index contributed by atoms with van der Waals surface area (Å²) in [5.74, 6) is 0.649. The fourth-order valence-electron chi connectivity index (χ4n) is 3.39. The van der Waals surface area contributed by atoms with Gasteiger partial charge in [-0.3, -0.25) is 4.79 Å². The van der Waals surface area contributed by atoms with Crippen LogP contribution in [0.2, 0.25) is 0 Å². The second kappa shape index (κ2) is 6.67. The first-order chi connectivity index (χ1) is 10.7. The molecule has 1 N–H and O–H groups in total. The number of likely N-dealkylation sites (tertiary alicyclic amines) is 1. The number of hydrogen-bond donors (Lipinski definition) is 1. The maximum absolute atomic E-state index is 12.3. The lowest BCUT2D eigenvalue weighted by atomic mass is 10.1. The van der Waals surface area contributed by atoms with Crippen LogP contribution in [0.4, 0.5) is 0 Å². The van der Waals surface area contributed by atoms with Crippen molar-refractivity contribution in [2.75, 3.05) is 26.9 Å². The summed E-state index contributed by atoms with van der Waals surface area (Å²) in [6.45, 7) is 0.490. The van der Waals surface area contributed by atoms with E-state index in [1.807, 2.05) is 12.1 Å². The zero-order valence-electron chi connectivity index (χ0n) is 13.0. The van der Waals surface area contributed by atoms with Gasteiger partial charge < -0.3 is 19.5 Å². The molecule has 1 aromatic carbocycles. The van der Waals surface area contributed by atoms with Crippen LogP contribution in [-0.2, 0) is 22.4 Å². The lowest BCUT2D eigenvalue weighted by molar-refractivity contribution is -0.135. The quantitative estimate of drug-likeness (QED) is 0.887. The topological polar surface area (TPSA) is 59.0 Å². The molecule has 5 nitrogen and oxygen atoms in total. The smallest absolute Gasteiger partial charge is 0.260 e. The van der Waals surface area contributed by atoms with E-state index in [0.29, 0.717) is 13.0 Å². The number of carbonyl (C=O) groups is 1. The Morgan fingerprint density at radius 3 is 2.95 bits per heavy atom.